The van der Waals surface area contributed by atoms with Gasteiger partial charge in [-0.05, 0) is 74.7 Å². The van der Waals surface area contributed by atoms with Gasteiger partial charge >= 0.3 is 0 Å². The number of rotatable bonds is 3. The van der Waals surface area contributed by atoms with Crippen LogP contribution in [0, 0.1) is 13.8 Å². The molecule has 5 nitrogen and oxygen atoms in total. The summed E-state index contributed by atoms with van der Waals surface area (Å²) in [6.07, 6.45) is 0.999. The first-order valence-corrected chi connectivity index (χ1v) is 11.9. The molecule has 0 bridgehead atoms. The number of hydrogen-bond donors (Lipinski definition) is 1. The van der Waals surface area contributed by atoms with Crippen molar-refractivity contribution in [2.75, 3.05) is 13.1 Å². The fraction of sp³-hybridized carbons (Fsp3) is 0.280. The summed E-state index contributed by atoms with van der Waals surface area (Å²) < 4.78 is 3.13. The number of benzene rings is 2. The maximum atomic E-state index is 13.2. The molecule has 164 valence electrons. The average Bonchev–Trinajstić information content (AvgIpc) is 3.35. The molecule has 0 saturated carbocycles. The molecule has 0 spiro atoms. The molecule has 0 radical (unpaired) electrons. The van der Waals surface area contributed by atoms with Gasteiger partial charge in [0.2, 0.25) is 0 Å². The maximum Gasteiger partial charge on any atom is 0.253 e. The number of likely N-dealkylation sites (tertiary alicyclic amines) is 1. The van der Waals surface area contributed by atoms with Crippen molar-refractivity contribution in [2.24, 2.45) is 0 Å². The summed E-state index contributed by atoms with van der Waals surface area (Å²) in [4.78, 5) is 19.8. The zero-order chi connectivity index (χ0) is 22.5. The van der Waals surface area contributed by atoms with Gasteiger partial charge in [0.05, 0.1) is 15.8 Å². The summed E-state index contributed by atoms with van der Waals surface area (Å²) in [5, 5.41) is 12.7. The van der Waals surface area contributed by atoms with Crippen LogP contribution < -0.4 is 0 Å². The Hall–Kier alpha value is -2.67. The molecule has 1 fully saturated rings. The van der Waals surface area contributed by atoms with Gasteiger partial charge in [0.25, 0.3) is 5.91 Å². The normalized spacial score (nSPS) is 15.9. The summed E-state index contributed by atoms with van der Waals surface area (Å²) in [5.41, 5.74) is 3.75. The monoisotopic (exact) mass is 465 g/mol. The molecule has 32 heavy (non-hydrogen) atoms. The molecule has 1 saturated heterocycles. The van der Waals surface area contributed by atoms with Gasteiger partial charge < -0.3 is 10.0 Å². The highest BCUT2D eigenvalue weighted by atomic mass is 35.5. The first kappa shape index (κ1) is 21.2. The predicted octanol–water partition coefficient (Wildman–Crippen LogP) is 5.48. The van der Waals surface area contributed by atoms with E-state index in [1.807, 2.05) is 35.2 Å². The third-order valence-corrected chi connectivity index (χ3v) is 7.60. The van der Waals surface area contributed by atoms with Crippen LogP contribution in [0.5, 0.6) is 0 Å². The van der Waals surface area contributed by atoms with Gasteiger partial charge in [-0.25, -0.2) is 4.98 Å². The van der Waals surface area contributed by atoms with Gasteiger partial charge in [0.1, 0.15) is 0 Å². The Labute approximate surface area is 195 Å². The Morgan fingerprint density at radius 3 is 2.34 bits per heavy atom. The van der Waals surface area contributed by atoms with Crippen molar-refractivity contribution in [1.29, 1.82) is 0 Å². The number of carbonyl (C=O) groups excluding carboxylic acids is 1. The van der Waals surface area contributed by atoms with Crippen LogP contribution >= 0.6 is 22.9 Å². The van der Waals surface area contributed by atoms with E-state index in [1.54, 1.807) is 23.5 Å². The van der Waals surface area contributed by atoms with E-state index in [2.05, 4.69) is 30.5 Å². The van der Waals surface area contributed by atoms with Crippen molar-refractivity contribution < 1.29 is 9.90 Å². The highest BCUT2D eigenvalue weighted by molar-refractivity contribution is 7.20. The molecule has 1 aliphatic heterocycles. The van der Waals surface area contributed by atoms with Crippen LogP contribution in [0.2, 0.25) is 5.02 Å². The van der Waals surface area contributed by atoms with Crippen LogP contribution in [-0.2, 0) is 5.60 Å². The number of halogens is 1. The zero-order valence-corrected chi connectivity index (χ0v) is 19.6. The van der Waals surface area contributed by atoms with Gasteiger partial charge in [0, 0.05) is 35.1 Å². The number of hydrogen-bond acceptors (Lipinski definition) is 4. The minimum Gasteiger partial charge on any atom is -0.385 e. The van der Waals surface area contributed by atoms with E-state index in [9.17, 15) is 9.90 Å². The summed E-state index contributed by atoms with van der Waals surface area (Å²) in [6.45, 7) is 5.14. The smallest absolute Gasteiger partial charge is 0.253 e. The van der Waals surface area contributed by atoms with Gasteiger partial charge in [-0.3, -0.25) is 9.36 Å². The Bertz CT molecular complexity index is 1280. The van der Waals surface area contributed by atoms with E-state index in [-0.39, 0.29) is 5.91 Å². The summed E-state index contributed by atoms with van der Waals surface area (Å²) in [6, 6.07) is 17.2. The van der Waals surface area contributed by atoms with Crippen LogP contribution in [0.1, 0.15) is 40.2 Å². The topological polar surface area (TPSA) is 58.4 Å². The Balaban J connectivity index is 1.34. The molecule has 7 heteroatoms. The molecule has 3 heterocycles. The maximum absolute atomic E-state index is 13.2. The number of aryl methyl sites for hydroxylation is 2. The molecule has 1 amide bonds. The van der Waals surface area contributed by atoms with E-state index in [4.69, 9.17) is 16.6 Å². The van der Waals surface area contributed by atoms with E-state index in [0.29, 0.717) is 36.5 Å². The fourth-order valence-corrected chi connectivity index (χ4v) is 5.67. The zero-order valence-electron chi connectivity index (χ0n) is 18.0. The second kappa shape index (κ2) is 8.03. The van der Waals surface area contributed by atoms with Gasteiger partial charge in [-0.1, -0.05) is 35.1 Å². The van der Waals surface area contributed by atoms with Crippen LogP contribution in [0.3, 0.4) is 0 Å². The van der Waals surface area contributed by atoms with Gasteiger partial charge in [0.15, 0.2) is 5.13 Å². The number of thiazole rings is 1. The minimum absolute atomic E-state index is 0.00617. The number of fused-ring (bicyclic) bond motifs is 1. The summed E-state index contributed by atoms with van der Waals surface area (Å²) in [7, 11) is 0. The van der Waals surface area contributed by atoms with Crippen LogP contribution in [0.25, 0.3) is 15.3 Å². The lowest BCUT2D eigenvalue weighted by molar-refractivity contribution is -0.0211. The number of carbonyl (C=O) groups is 1. The third-order valence-electron chi connectivity index (χ3n) is 6.35. The van der Waals surface area contributed by atoms with Crippen molar-refractivity contribution >= 4 is 39.1 Å². The largest absolute Gasteiger partial charge is 0.385 e. The van der Waals surface area contributed by atoms with Gasteiger partial charge in [-0.2, -0.15) is 0 Å². The molecular weight excluding hydrogens is 442 g/mol. The van der Waals surface area contributed by atoms with E-state index in [0.717, 1.165) is 32.3 Å². The number of aromatic nitrogens is 2. The lowest BCUT2D eigenvalue weighted by Crippen LogP contribution is -2.45. The average molecular weight is 466 g/mol. The lowest BCUT2D eigenvalue weighted by atomic mass is 9.84. The van der Waals surface area contributed by atoms with Crippen molar-refractivity contribution in [3.63, 3.8) is 0 Å². The van der Waals surface area contributed by atoms with Crippen LogP contribution in [0.15, 0.2) is 54.6 Å². The SMILES string of the molecule is Cc1ccc(C)n1-c1nc2ccc(C(=O)N3CCC(O)(c4ccc(Cl)cc4)CC3)cc2s1. The lowest BCUT2D eigenvalue weighted by Gasteiger charge is -2.38. The molecular formula is C25H24ClN3O2S. The first-order chi connectivity index (χ1) is 15.3. The molecule has 5 rings (SSSR count). The number of piperidine rings is 1. The Morgan fingerprint density at radius 2 is 1.69 bits per heavy atom. The van der Waals surface area contributed by atoms with E-state index in [1.165, 1.54) is 0 Å². The highest BCUT2D eigenvalue weighted by Gasteiger charge is 2.35. The quantitative estimate of drug-likeness (QED) is 0.435. The molecule has 0 unspecified atom stereocenters. The highest BCUT2D eigenvalue weighted by Crippen LogP contribution is 2.34. The first-order valence-electron chi connectivity index (χ1n) is 10.7. The molecule has 0 atom stereocenters. The standard InChI is InChI=1S/C25H24ClN3O2S/c1-16-3-4-17(2)29(16)24-27-21-10-5-18(15-22(21)32-24)23(30)28-13-11-25(31,12-14-28)19-6-8-20(26)9-7-19/h3-10,15,31H,11-14H2,1-2H3. The molecule has 4 aromatic rings. The van der Waals surface area contributed by atoms with Crippen molar-refractivity contribution in [1.82, 2.24) is 14.5 Å². The molecule has 2 aromatic heterocycles. The van der Waals surface area contributed by atoms with Crippen LogP contribution in [0.4, 0.5) is 0 Å². The van der Waals surface area contributed by atoms with E-state index < -0.39 is 5.60 Å². The van der Waals surface area contributed by atoms with Crippen molar-refractivity contribution in [3.8, 4) is 5.13 Å². The second-order valence-electron chi connectivity index (χ2n) is 8.46. The predicted molar refractivity (Wildman–Crippen MR) is 129 cm³/mol. The summed E-state index contributed by atoms with van der Waals surface area (Å²) in [5.74, 6) is -0.00617. The number of nitrogens with zero attached hydrogens (tertiary/aromatic N) is 3. The molecule has 1 N–H and O–H groups in total. The number of aliphatic hydroxyl groups is 1. The minimum atomic E-state index is -0.926. The third kappa shape index (κ3) is 3.72. The molecule has 1 aliphatic rings. The Morgan fingerprint density at radius 1 is 1.03 bits per heavy atom. The molecule has 0 aliphatic carbocycles. The van der Waals surface area contributed by atoms with Crippen LogP contribution in [-0.4, -0.2) is 38.6 Å². The second-order valence-corrected chi connectivity index (χ2v) is 9.91. The van der Waals surface area contributed by atoms with Crippen molar-refractivity contribution in [2.45, 2.75) is 32.3 Å². The summed E-state index contributed by atoms with van der Waals surface area (Å²) >= 11 is 7.57. The van der Waals surface area contributed by atoms with Crippen molar-refractivity contribution in [3.05, 3.63) is 82.1 Å². The van der Waals surface area contributed by atoms with Gasteiger partial charge in [-0.15, -0.1) is 0 Å². The number of amides is 1. The fourth-order valence-electron chi connectivity index (χ4n) is 4.42. The van der Waals surface area contributed by atoms with E-state index >= 15 is 0 Å². The Kier molecular flexibility index (Phi) is 5.32. The molecule has 2 aromatic carbocycles.